The number of fused-ring (bicyclic) bond motifs is 3. The van der Waals surface area contributed by atoms with Crippen LogP contribution >= 0.6 is 0 Å². The minimum Gasteiger partial charge on any atom is -0.488 e. The Bertz CT molecular complexity index is 2120. The molecule has 0 fully saturated rings. The standard InChI is InChI=1S/C40H27N3O/c1-3-13-27(14-4-1)32-20-9-10-22-35(32)40-42-38(28-15-5-2-6-16-28)41-39(43-40)30-19-11-18-29(25-30)33-23-12-24-36-37(33)34-21-8-7-17-31(34)26-44-36/h1-25H,26H2. The SMILES string of the molecule is c1ccc(-c2nc(-c3cccc(-c4cccc5c4-c4ccccc4CO5)c3)nc(-c3ccccc3-c3ccccc3)n2)cc1. The molecular weight excluding hydrogens is 538 g/mol. The molecule has 0 amide bonds. The van der Waals surface area contributed by atoms with E-state index in [4.69, 9.17) is 19.7 Å². The fourth-order valence-corrected chi connectivity index (χ4v) is 5.93. The van der Waals surface area contributed by atoms with E-state index in [1.54, 1.807) is 0 Å². The van der Waals surface area contributed by atoms with Gasteiger partial charge in [-0.05, 0) is 45.5 Å². The van der Waals surface area contributed by atoms with Crippen LogP contribution in [0.1, 0.15) is 5.56 Å². The van der Waals surface area contributed by atoms with Gasteiger partial charge in [0.05, 0.1) is 0 Å². The van der Waals surface area contributed by atoms with Crippen molar-refractivity contribution < 1.29 is 4.74 Å². The molecule has 1 aromatic heterocycles. The first-order chi connectivity index (χ1) is 21.8. The van der Waals surface area contributed by atoms with Gasteiger partial charge in [0.2, 0.25) is 0 Å². The minimum absolute atomic E-state index is 0.576. The highest BCUT2D eigenvalue weighted by Crippen LogP contribution is 2.44. The molecule has 0 radical (unpaired) electrons. The quantitative estimate of drug-likeness (QED) is 0.208. The summed E-state index contributed by atoms with van der Waals surface area (Å²) in [6.07, 6.45) is 0. The summed E-state index contributed by atoms with van der Waals surface area (Å²) < 4.78 is 6.17. The summed E-state index contributed by atoms with van der Waals surface area (Å²) in [6, 6.07) is 51.9. The van der Waals surface area contributed by atoms with Crippen LogP contribution < -0.4 is 4.74 Å². The lowest BCUT2D eigenvalue weighted by atomic mass is 9.89. The second-order valence-corrected chi connectivity index (χ2v) is 10.8. The van der Waals surface area contributed by atoms with E-state index >= 15 is 0 Å². The molecule has 4 heteroatoms. The summed E-state index contributed by atoms with van der Waals surface area (Å²) in [7, 11) is 0. The van der Waals surface area contributed by atoms with Crippen molar-refractivity contribution in [2.24, 2.45) is 0 Å². The first-order valence-electron chi connectivity index (χ1n) is 14.7. The highest BCUT2D eigenvalue weighted by atomic mass is 16.5. The normalized spacial score (nSPS) is 11.7. The summed E-state index contributed by atoms with van der Waals surface area (Å²) in [5.74, 6) is 2.80. The molecule has 0 spiro atoms. The zero-order chi connectivity index (χ0) is 29.3. The van der Waals surface area contributed by atoms with Crippen LogP contribution in [0.5, 0.6) is 5.75 Å². The fourth-order valence-electron chi connectivity index (χ4n) is 5.93. The maximum absolute atomic E-state index is 6.17. The summed E-state index contributed by atoms with van der Waals surface area (Å²) >= 11 is 0. The van der Waals surface area contributed by atoms with Gasteiger partial charge in [0, 0.05) is 22.3 Å². The summed E-state index contributed by atoms with van der Waals surface area (Å²) in [4.78, 5) is 15.1. The third kappa shape index (κ3) is 4.73. The van der Waals surface area contributed by atoms with Gasteiger partial charge >= 0.3 is 0 Å². The maximum Gasteiger partial charge on any atom is 0.164 e. The van der Waals surface area contributed by atoms with Crippen LogP contribution in [0.25, 0.3) is 67.5 Å². The molecule has 0 N–H and O–H groups in total. The van der Waals surface area contributed by atoms with Gasteiger partial charge < -0.3 is 4.74 Å². The fraction of sp³-hybridized carbons (Fsp3) is 0.0250. The zero-order valence-corrected chi connectivity index (χ0v) is 23.9. The topological polar surface area (TPSA) is 47.9 Å². The van der Waals surface area contributed by atoms with E-state index in [9.17, 15) is 0 Å². The number of ether oxygens (including phenoxy) is 1. The van der Waals surface area contributed by atoms with Crippen LogP contribution in [0.2, 0.25) is 0 Å². The Labute approximate surface area is 256 Å². The van der Waals surface area contributed by atoms with Crippen molar-refractivity contribution in [3.8, 4) is 73.3 Å². The van der Waals surface area contributed by atoms with Crippen LogP contribution in [-0.4, -0.2) is 15.0 Å². The number of benzene rings is 6. The summed E-state index contributed by atoms with van der Waals surface area (Å²) in [5.41, 5.74) is 10.7. The van der Waals surface area contributed by atoms with Gasteiger partial charge in [-0.3, -0.25) is 0 Å². The molecule has 4 nitrogen and oxygen atoms in total. The molecule has 0 bridgehead atoms. The Balaban J connectivity index is 1.30. The molecule has 0 atom stereocenters. The third-order valence-corrected chi connectivity index (χ3v) is 8.05. The van der Waals surface area contributed by atoms with Crippen LogP contribution in [-0.2, 0) is 6.61 Å². The van der Waals surface area contributed by atoms with E-state index in [0.29, 0.717) is 24.1 Å². The second-order valence-electron chi connectivity index (χ2n) is 10.8. The van der Waals surface area contributed by atoms with E-state index in [-0.39, 0.29) is 0 Å². The molecule has 0 aliphatic carbocycles. The van der Waals surface area contributed by atoms with Crippen molar-refractivity contribution in [3.63, 3.8) is 0 Å². The van der Waals surface area contributed by atoms with Gasteiger partial charge in [0.15, 0.2) is 17.5 Å². The van der Waals surface area contributed by atoms with Gasteiger partial charge in [-0.1, -0.05) is 140 Å². The molecular formula is C40H27N3O. The Morgan fingerprint density at radius 2 is 0.932 bits per heavy atom. The van der Waals surface area contributed by atoms with Crippen molar-refractivity contribution in [2.45, 2.75) is 6.61 Å². The Kier molecular flexibility index (Phi) is 6.50. The van der Waals surface area contributed by atoms with Gasteiger partial charge in [-0.2, -0.15) is 0 Å². The first-order valence-corrected chi connectivity index (χ1v) is 14.7. The monoisotopic (exact) mass is 565 g/mol. The van der Waals surface area contributed by atoms with Gasteiger partial charge in [-0.15, -0.1) is 0 Å². The van der Waals surface area contributed by atoms with Crippen molar-refractivity contribution in [2.75, 3.05) is 0 Å². The number of hydrogen-bond donors (Lipinski definition) is 0. The molecule has 1 aliphatic heterocycles. The first kappa shape index (κ1) is 25.8. The Morgan fingerprint density at radius 1 is 0.386 bits per heavy atom. The molecule has 8 rings (SSSR count). The van der Waals surface area contributed by atoms with Crippen molar-refractivity contribution >= 4 is 0 Å². The predicted octanol–water partition coefficient (Wildman–Crippen LogP) is 9.77. The lowest BCUT2D eigenvalue weighted by Crippen LogP contribution is -2.06. The highest BCUT2D eigenvalue weighted by molar-refractivity contribution is 5.91. The lowest BCUT2D eigenvalue weighted by Gasteiger charge is -2.23. The summed E-state index contributed by atoms with van der Waals surface area (Å²) in [6.45, 7) is 0.576. The smallest absolute Gasteiger partial charge is 0.164 e. The average molecular weight is 566 g/mol. The van der Waals surface area contributed by atoms with Gasteiger partial charge in [0.25, 0.3) is 0 Å². The van der Waals surface area contributed by atoms with E-state index in [1.807, 2.05) is 48.5 Å². The Hall–Kier alpha value is -5.87. The number of nitrogens with zero attached hydrogens (tertiary/aromatic N) is 3. The number of aromatic nitrogens is 3. The van der Waals surface area contributed by atoms with Gasteiger partial charge in [-0.25, -0.2) is 15.0 Å². The third-order valence-electron chi connectivity index (χ3n) is 8.05. The largest absolute Gasteiger partial charge is 0.488 e. The predicted molar refractivity (Wildman–Crippen MR) is 177 cm³/mol. The molecule has 2 heterocycles. The molecule has 7 aromatic rings. The average Bonchev–Trinajstić information content (AvgIpc) is 3.12. The van der Waals surface area contributed by atoms with E-state index in [0.717, 1.165) is 50.3 Å². The molecule has 0 saturated heterocycles. The lowest BCUT2D eigenvalue weighted by molar-refractivity contribution is 0.302. The van der Waals surface area contributed by atoms with Crippen molar-refractivity contribution in [3.05, 3.63) is 157 Å². The number of rotatable bonds is 5. The highest BCUT2D eigenvalue weighted by Gasteiger charge is 2.21. The minimum atomic E-state index is 0.576. The Morgan fingerprint density at radius 3 is 1.73 bits per heavy atom. The van der Waals surface area contributed by atoms with Crippen LogP contribution in [0, 0.1) is 0 Å². The maximum atomic E-state index is 6.17. The van der Waals surface area contributed by atoms with Crippen molar-refractivity contribution in [1.29, 1.82) is 0 Å². The van der Waals surface area contributed by atoms with Crippen molar-refractivity contribution in [1.82, 2.24) is 15.0 Å². The molecule has 44 heavy (non-hydrogen) atoms. The molecule has 0 saturated carbocycles. The van der Waals surface area contributed by atoms with Crippen LogP contribution in [0.4, 0.5) is 0 Å². The number of hydrogen-bond acceptors (Lipinski definition) is 4. The molecule has 208 valence electrons. The molecule has 6 aromatic carbocycles. The second kappa shape index (κ2) is 11.1. The van der Waals surface area contributed by atoms with E-state index < -0.39 is 0 Å². The molecule has 1 aliphatic rings. The van der Waals surface area contributed by atoms with Crippen LogP contribution in [0.15, 0.2) is 152 Å². The van der Waals surface area contributed by atoms with Crippen LogP contribution in [0.3, 0.4) is 0 Å². The summed E-state index contributed by atoms with van der Waals surface area (Å²) in [5, 5.41) is 0. The molecule has 0 unspecified atom stereocenters. The van der Waals surface area contributed by atoms with E-state index in [2.05, 4.69) is 103 Å². The van der Waals surface area contributed by atoms with E-state index in [1.165, 1.54) is 11.1 Å². The van der Waals surface area contributed by atoms with Gasteiger partial charge in [0.1, 0.15) is 12.4 Å². The zero-order valence-electron chi connectivity index (χ0n) is 23.9.